The van der Waals surface area contributed by atoms with Crippen LogP contribution in [0.1, 0.15) is 37.8 Å². The predicted molar refractivity (Wildman–Crippen MR) is 81.8 cm³/mol. The molecule has 2 N–H and O–H groups in total. The molecule has 1 atom stereocenters. The fourth-order valence-corrected chi connectivity index (χ4v) is 3.13. The van der Waals surface area contributed by atoms with Crippen LogP contribution in [0.3, 0.4) is 0 Å². The van der Waals surface area contributed by atoms with E-state index < -0.39 is 6.29 Å². The molecule has 1 aromatic rings. The third kappa shape index (κ3) is 3.89. The second-order valence-electron chi connectivity index (χ2n) is 5.93. The number of hydrogen-bond donors (Lipinski definition) is 2. The van der Waals surface area contributed by atoms with Gasteiger partial charge < -0.3 is 19.7 Å². The number of nitrogens with one attached hydrogen (secondary N) is 2. The minimum atomic E-state index is -0.412. The normalized spacial score (nSPS) is 22.3. The van der Waals surface area contributed by atoms with Gasteiger partial charge in [-0.15, -0.1) is 0 Å². The molecule has 23 heavy (non-hydrogen) atoms. The molecule has 0 aromatic carbocycles. The van der Waals surface area contributed by atoms with Crippen LogP contribution in [0.25, 0.3) is 0 Å². The first-order valence-corrected chi connectivity index (χ1v) is 7.95. The van der Waals surface area contributed by atoms with Gasteiger partial charge in [0.2, 0.25) is 11.8 Å². The van der Waals surface area contributed by atoms with Gasteiger partial charge in [-0.2, -0.15) is 5.10 Å². The second kappa shape index (κ2) is 7.10. The van der Waals surface area contributed by atoms with Gasteiger partial charge in [-0.1, -0.05) is 0 Å². The highest BCUT2D eigenvalue weighted by atomic mass is 16.7. The monoisotopic (exact) mass is 322 g/mol. The zero-order valence-electron chi connectivity index (χ0n) is 13.2. The molecule has 8 heteroatoms. The molecular formula is C15H22N4O4. The molecule has 0 radical (unpaired) electrons. The first-order valence-electron chi connectivity index (χ1n) is 7.95. The maximum Gasteiger partial charge on any atom is 0.227 e. The summed E-state index contributed by atoms with van der Waals surface area (Å²) in [5.74, 6) is 0.0524. The molecule has 2 aliphatic rings. The van der Waals surface area contributed by atoms with Crippen molar-refractivity contribution in [2.75, 3.05) is 31.6 Å². The van der Waals surface area contributed by atoms with E-state index in [4.69, 9.17) is 9.47 Å². The summed E-state index contributed by atoms with van der Waals surface area (Å²) in [5.41, 5.74) is 1.57. The number of anilines is 1. The topological polar surface area (TPSA) is 96.6 Å². The van der Waals surface area contributed by atoms with E-state index in [1.165, 1.54) is 6.92 Å². The highest BCUT2D eigenvalue weighted by molar-refractivity contribution is 5.89. The molecular weight excluding hydrogens is 300 g/mol. The van der Waals surface area contributed by atoms with Crippen LogP contribution in [0.15, 0.2) is 6.20 Å². The third-order valence-corrected chi connectivity index (χ3v) is 4.19. The van der Waals surface area contributed by atoms with Crippen LogP contribution in [0.2, 0.25) is 0 Å². The van der Waals surface area contributed by atoms with Gasteiger partial charge in [0.1, 0.15) is 0 Å². The summed E-state index contributed by atoms with van der Waals surface area (Å²) >= 11 is 0. The standard InChI is InChI=1S/C15H22N4O4/c1-10(20)17-12-8-16-18-15(12)11-3-2-4-19(9-11)13(21)7-14-22-5-6-23-14/h8,11,14H,2-7,9H2,1H3,(H,16,18)(H,17,20). The zero-order valence-corrected chi connectivity index (χ0v) is 13.2. The second-order valence-corrected chi connectivity index (χ2v) is 5.93. The highest BCUT2D eigenvalue weighted by Crippen LogP contribution is 2.30. The molecule has 0 spiro atoms. The number of carbonyl (C=O) groups excluding carboxylic acids is 2. The largest absolute Gasteiger partial charge is 0.350 e. The van der Waals surface area contributed by atoms with Gasteiger partial charge in [0.05, 0.1) is 37.2 Å². The lowest BCUT2D eigenvalue weighted by molar-refractivity contribution is -0.140. The van der Waals surface area contributed by atoms with Crippen molar-refractivity contribution in [2.24, 2.45) is 0 Å². The maximum atomic E-state index is 12.4. The number of piperidine rings is 1. The number of carbonyl (C=O) groups is 2. The number of hydrogen-bond acceptors (Lipinski definition) is 5. The maximum absolute atomic E-state index is 12.4. The number of likely N-dealkylation sites (tertiary alicyclic amines) is 1. The number of aromatic amines is 1. The van der Waals surface area contributed by atoms with Crippen molar-refractivity contribution < 1.29 is 19.1 Å². The number of rotatable bonds is 4. The summed E-state index contributed by atoms with van der Waals surface area (Å²) in [4.78, 5) is 25.5. The summed E-state index contributed by atoms with van der Waals surface area (Å²) in [5, 5.41) is 9.76. The Morgan fingerprint density at radius 1 is 1.43 bits per heavy atom. The minimum Gasteiger partial charge on any atom is -0.350 e. The molecule has 0 saturated carbocycles. The number of aromatic nitrogens is 2. The lowest BCUT2D eigenvalue weighted by Crippen LogP contribution is -2.40. The van der Waals surface area contributed by atoms with E-state index in [-0.39, 0.29) is 24.2 Å². The van der Waals surface area contributed by atoms with Gasteiger partial charge >= 0.3 is 0 Å². The van der Waals surface area contributed by atoms with Crippen molar-refractivity contribution in [3.05, 3.63) is 11.9 Å². The molecule has 1 aromatic heterocycles. The lowest BCUT2D eigenvalue weighted by Gasteiger charge is -2.33. The van der Waals surface area contributed by atoms with Gasteiger partial charge in [0, 0.05) is 25.9 Å². The third-order valence-electron chi connectivity index (χ3n) is 4.19. The Bertz CT molecular complexity index is 568. The lowest BCUT2D eigenvalue weighted by atomic mass is 9.93. The van der Waals surface area contributed by atoms with Crippen molar-refractivity contribution in [3.8, 4) is 0 Å². The number of amides is 2. The summed E-state index contributed by atoms with van der Waals surface area (Å²) in [7, 11) is 0. The molecule has 2 aliphatic heterocycles. The highest BCUT2D eigenvalue weighted by Gasteiger charge is 2.30. The average molecular weight is 322 g/mol. The number of H-pyrrole nitrogens is 1. The molecule has 3 heterocycles. The van der Waals surface area contributed by atoms with Crippen LogP contribution < -0.4 is 5.32 Å². The van der Waals surface area contributed by atoms with Crippen LogP contribution in [-0.2, 0) is 19.1 Å². The first kappa shape index (κ1) is 15.9. The predicted octanol–water partition coefficient (Wildman–Crippen LogP) is 0.837. The van der Waals surface area contributed by atoms with Gasteiger partial charge in [-0.3, -0.25) is 14.7 Å². The van der Waals surface area contributed by atoms with Crippen molar-refractivity contribution >= 4 is 17.5 Å². The molecule has 2 fully saturated rings. The van der Waals surface area contributed by atoms with Gasteiger partial charge in [-0.05, 0) is 12.8 Å². The number of ether oxygens (including phenoxy) is 2. The van der Waals surface area contributed by atoms with E-state index in [1.807, 2.05) is 4.90 Å². The van der Waals surface area contributed by atoms with Crippen LogP contribution in [-0.4, -0.2) is 59.5 Å². The molecule has 8 nitrogen and oxygen atoms in total. The molecule has 3 rings (SSSR count). The van der Waals surface area contributed by atoms with Crippen molar-refractivity contribution in [1.29, 1.82) is 0 Å². The van der Waals surface area contributed by atoms with Crippen molar-refractivity contribution in [3.63, 3.8) is 0 Å². The summed E-state index contributed by atoms with van der Waals surface area (Å²) in [6.45, 7) is 3.92. The van der Waals surface area contributed by atoms with Gasteiger partial charge in [0.25, 0.3) is 0 Å². The Hall–Kier alpha value is -1.93. The van der Waals surface area contributed by atoms with Crippen LogP contribution >= 0.6 is 0 Å². The van der Waals surface area contributed by atoms with Crippen LogP contribution in [0, 0.1) is 0 Å². The van der Waals surface area contributed by atoms with E-state index in [2.05, 4.69) is 15.5 Å². The zero-order chi connectivity index (χ0) is 16.2. The van der Waals surface area contributed by atoms with Crippen LogP contribution in [0.4, 0.5) is 5.69 Å². The Labute approximate surface area is 134 Å². The van der Waals surface area contributed by atoms with E-state index in [0.717, 1.165) is 25.1 Å². The Morgan fingerprint density at radius 2 is 2.22 bits per heavy atom. The molecule has 2 saturated heterocycles. The fraction of sp³-hybridized carbons (Fsp3) is 0.667. The average Bonchev–Trinajstić information content (AvgIpc) is 3.18. The quantitative estimate of drug-likeness (QED) is 0.856. The Balaban J connectivity index is 1.62. The van der Waals surface area contributed by atoms with E-state index in [9.17, 15) is 9.59 Å². The van der Waals surface area contributed by atoms with Crippen molar-refractivity contribution in [2.45, 2.75) is 38.4 Å². The van der Waals surface area contributed by atoms with Crippen LogP contribution in [0.5, 0.6) is 0 Å². The summed E-state index contributed by atoms with van der Waals surface area (Å²) in [6.07, 6.45) is 3.33. The smallest absolute Gasteiger partial charge is 0.227 e. The number of nitrogens with zero attached hydrogens (tertiary/aromatic N) is 2. The summed E-state index contributed by atoms with van der Waals surface area (Å²) in [6, 6.07) is 0. The van der Waals surface area contributed by atoms with Gasteiger partial charge in [0.15, 0.2) is 6.29 Å². The van der Waals surface area contributed by atoms with Gasteiger partial charge in [-0.25, -0.2) is 0 Å². The minimum absolute atomic E-state index is 0.0437. The molecule has 126 valence electrons. The van der Waals surface area contributed by atoms with E-state index >= 15 is 0 Å². The molecule has 0 bridgehead atoms. The Morgan fingerprint density at radius 3 is 2.96 bits per heavy atom. The van der Waals surface area contributed by atoms with E-state index in [1.54, 1.807) is 6.20 Å². The molecule has 2 amide bonds. The SMILES string of the molecule is CC(=O)Nc1cn[nH]c1C1CCCN(C(=O)CC2OCCO2)C1. The Kier molecular flexibility index (Phi) is 4.92. The summed E-state index contributed by atoms with van der Waals surface area (Å²) < 4.78 is 10.7. The van der Waals surface area contributed by atoms with Crippen molar-refractivity contribution in [1.82, 2.24) is 15.1 Å². The van der Waals surface area contributed by atoms with E-state index in [0.29, 0.717) is 25.4 Å². The molecule has 0 aliphatic carbocycles. The molecule has 1 unspecified atom stereocenters. The first-order chi connectivity index (χ1) is 11.1. The fourth-order valence-electron chi connectivity index (χ4n) is 3.13.